The lowest BCUT2D eigenvalue weighted by atomic mass is 10.1. The minimum Gasteiger partial charge on any atom is -0.480 e. The van der Waals surface area contributed by atoms with Gasteiger partial charge in [-0.25, -0.2) is 14.8 Å². The van der Waals surface area contributed by atoms with Gasteiger partial charge in [0.1, 0.15) is 18.0 Å². The van der Waals surface area contributed by atoms with Crippen molar-refractivity contribution in [2.75, 3.05) is 50.1 Å². The van der Waals surface area contributed by atoms with E-state index in [4.69, 9.17) is 19.2 Å². The summed E-state index contributed by atoms with van der Waals surface area (Å²) in [6, 6.07) is 17.6. The summed E-state index contributed by atoms with van der Waals surface area (Å²) in [6.07, 6.45) is 2.19. The Morgan fingerprint density at radius 1 is 1.07 bits per heavy atom. The number of amides is 2. The van der Waals surface area contributed by atoms with Gasteiger partial charge in [-0.2, -0.15) is 0 Å². The molecule has 214 valence electrons. The number of anilines is 2. The number of ether oxygens (including phenoxy) is 3. The molecule has 1 atom stereocenters. The molecule has 2 saturated heterocycles. The van der Waals surface area contributed by atoms with Crippen LogP contribution in [-0.4, -0.2) is 78.9 Å². The summed E-state index contributed by atoms with van der Waals surface area (Å²) < 4.78 is 17.1. The molecule has 41 heavy (non-hydrogen) atoms. The quantitative estimate of drug-likeness (QED) is 0.381. The Balaban J connectivity index is 0.991. The van der Waals surface area contributed by atoms with Gasteiger partial charge in [0, 0.05) is 31.3 Å². The predicted octanol–water partition coefficient (Wildman–Crippen LogP) is 3.45. The molecule has 0 unspecified atom stereocenters. The van der Waals surface area contributed by atoms with E-state index in [1.54, 1.807) is 12.1 Å². The fourth-order valence-electron chi connectivity index (χ4n) is 5.21. The van der Waals surface area contributed by atoms with Crippen LogP contribution in [0.5, 0.6) is 11.6 Å². The summed E-state index contributed by atoms with van der Waals surface area (Å²) >= 11 is 0. The number of nitrogens with zero attached hydrogens (tertiary/aromatic N) is 4. The number of aromatic nitrogens is 2. The van der Waals surface area contributed by atoms with Crippen LogP contribution >= 0.6 is 0 Å². The highest BCUT2D eigenvalue weighted by Gasteiger charge is 2.33. The number of benzene rings is 1. The van der Waals surface area contributed by atoms with Gasteiger partial charge < -0.3 is 29.7 Å². The van der Waals surface area contributed by atoms with E-state index >= 15 is 0 Å². The Kier molecular flexibility index (Phi) is 7.97. The number of rotatable bonds is 9. The maximum absolute atomic E-state index is 12.5. The van der Waals surface area contributed by atoms with E-state index in [0.717, 1.165) is 42.8 Å². The minimum atomic E-state index is -0.451. The average molecular weight is 559 g/mol. The Labute approximate surface area is 238 Å². The lowest BCUT2D eigenvalue weighted by Crippen LogP contribution is -2.35. The molecule has 11 heteroatoms. The molecule has 2 N–H and O–H groups in total. The summed E-state index contributed by atoms with van der Waals surface area (Å²) in [5, 5.41) is 6.12. The highest BCUT2D eigenvalue weighted by Crippen LogP contribution is 2.30. The predicted molar refractivity (Wildman–Crippen MR) is 153 cm³/mol. The van der Waals surface area contributed by atoms with Gasteiger partial charge in [-0.1, -0.05) is 24.3 Å². The summed E-state index contributed by atoms with van der Waals surface area (Å²) in [6.45, 7) is 3.79. The molecule has 3 aliphatic rings. The zero-order valence-corrected chi connectivity index (χ0v) is 23.0. The summed E-state index contributed by atoms with van der Waals surface area (Å²) in [7, 11) is 2.14. The normalized spacial score (nSPS) is 19.3. The molecule has 6 rings (SSSR count). The number of likely N-dealkylation sites (tertiary alicyclic amines) is 1. The Morgan fingerprint density at radius 3 is 2.80 bits per heavy atom. The molecule has 0 saturated carbocycles. The van der Waals surface area contributed by atoms with Crippen molar-refractivity contribution in [3.63, 3.8) is 0 Å². The molecular weight excluding hydrogens is 524 g/mol. The number of piperidine rings is 1. The van der Waals surface area contributed by atoms with E-state index in [1.165, 1.54) is 4.90 Å². The van der Waals surface area contributed by atoms with Gasteiger partial charge in [0.05, 0.1) is 12.2 Å². The SMILES string of the molecule is CN1CCC(Oc2cccc(-c3cccc(CNCC[C@H]4CN(c5ccc6c(n5)NC(=O)CO6)C(=O)O4)c3)n2)CC1. The van der Waals surface area contributed by atoms with Crippen LogP contribution < -0.4 is 25.0 Å². The van der Waals surface area contributed by atoms with Crippen LogP contribution in [0, 0.1) is 0 Å². The van der Waals surface area contributed by atoms with Crippen molar-refractivity contribution in [2.45, 2.75) is 38.0 Å². The molecule has 0 spiro atoms. The zero-order valence-electron chi connectivity index (χ0n) is 23.0. The Morgan fingerprint density at radius 2 is 1.93 bits per heavy atom. The van der Waals surface area contributed by atoms with E-state index in [-0.39, 0.29) is 24.7 Å². The third-order valence-electron chi connectivity index (χ3n) is 7.48. The first-order valence-electron chi connectivity index (χ1n) is 14.0. The van der Waals surface area contributed by atoms with Crippen molar-refractivity contribution in [1.29, 1.82) is 0 Å². The second-order valence-electron chi connectivity index (χ2n) is 10.6. The van der Waals surface area contributed by atoms with Gasteiger partial charge in [0.2, 0.25) is 5.88 Å². The van der Waals surface area contributed by atoms with E-state index in [2.05, 4.69) is 45.8 Å². The first-order valence-corrected chi connectivity index (χ1v) is 14.0. The molecule has 1 aromatic carbocycles. The average Bonchev–Trinajstić information content (AvgIpc) is 3.36. The maximum Gasteiger partial charge on any atom is 0.415 e. The molecule has 3 aromatic rings. The number of hydrogen-bond donors (Lipinski definition) is 2. The van der Waals surface area contributed by atoms with Gasteiger partial charge >= 0.3 is 6.09 Å². The molecule has 0 bridgehead atoms. The maximum atomic E-state index is 12.5. The first kappa shape index (κ1) is 27.0. The number of pyridine rings is 2. The number of carbonyl (C=O) groups is 2. The molecule has 2 fully saturated rings. The van der Waals surface area contributed by atoms with Crippen LogP contribution in [0.3, 0.4) is 0 Å². The summed E-state index contributed by atoms with van der Waals surface area (Å²) in [5.74, 6) is 1.61. The molecular formula is C30H34N6O5. The van der Waals surface area contributed by atoms with E-state index in [1.807, 2.05) is 24.3 Å². The van der Waals surface area contributed by atoms with Gasteiger partial charge in [-0.05, 0) is 62.7 Å². The van der Waals surface area contributed by atoms with Crippen LogP contribution in [0.2, 0.25) is 0 Å². The van der Waals surface area contributed by atoms with E-state index in [9.17, 15) is 9.59 Å². The van der Waals surface area contributed by atoms with Gasteiger partial charge in [0.15, 0.2) is 18.2 Å². The standard InChI is InChI=1S/C30H34N6O5/c1-35-14-11-22(12-15-35)40-28-7-3-6-24(32-28)21-5-2-4-20(16-21)17-31-13-10-23-18-36(30(38)41-23)26-9-8-25-29(33-26)34-27(37)19-39-25/h2-9,16,22-23,31H,10-15,17-19H2,1H3,(H,33,34,37)/t23-/m0/s1. The van der Waals surface area contributed by atoms with Crippen LogP contribution in [-0.2, 0) is 16.1 Å². The van der Waals surface area contributed by atoms with Crippen LogP contribution in [0.15, 0.2) is 54.6 Å². The summed E-state index contributed by atoms with van der Waals surface area (Å²) in [5.41, 5.74) is 3.06. The van der Waals surface area contributed by atoms with Crippen molar-refractivity contribution >= 4 is 23.6 Å². The van der Waals surface area contributed by atoms with Crippen LogP contribution in [0.1, 0.15) is 24.8 Å². The number of carbonyl (C=O) groups excluding carboxylic acids is 2. The third-order valence-corrected chi connectivity index (χ3v) is 7.48. The molecule has 2 aromatic heterocycles. The van der Waals surface area contributed by atoms with Gasteiger partial charge in [0.25, 0.3) is 5.91 Å². The lowest BCUT2D eigenvalue weighted by molar-refractivity contribution is -0.118. The highest BCUT2D eigenvalue weighted by atomic mass is 16.6. The Bertz CT molecular complexity index is 1410. The van der Waals surface area contributed by atoms with Crippen molar-refractivity contribution in [1.82, 2.24) is 20.2 Å². The smallest absolute Gasteiger partial charge is 0.415 e. The van der Waals surface area contributed by atoms with Crippen molar-refractivity contribution in [2.24, 2.45) is 0 Å². The minimum absolute atomic E-state index is 0.0448. The van der Waals surface area contributed by atoms with Gasteiger partial charge in [-0.15, -0.1) is 0 Å². The molecule has 3 aliphatic heterocycles. The lowest BCUT2D eigenvalue weighted by Gasteiger charge is -2.29. The van der Waals surface area contributed by atoms with E-state index < -0.39 is 6.09 Å². The molecule has 0 aliphatic carbocycles. The second-order valence-corrected chi connectivity index (χ2v) is 10.6. The third kappa shape index (κ3) is 6.58. The monoisotopic (exact) mass is 558 g/mol. The van der Waals surface area contributed by atoms with Crippen molar-refractivity contribution < 1.29 is 23.8 Å². The Hall–Kier alpha value is -4.22. The number of cyclic esters (lactones) is 1. The van der Waals surface area contributed by atoms with Crippen molar-refractivity contribution in [3.8, 4) is 22.9 Å². The number of nitrogens with one attached hydrogen (secondary N) is 2. The van der Waals surface area contributed by atoms with E-state index in [0.29, 0.717) is 49.3 Å². The molecule has 11 nitrogen and oxygen atoms in total. The van der Waals surface area contributed by atoms with Crippen LogP contribution in [0.4, 0.5) is 16.4 Å². The number of fused-ring (bicyclic) bond motifs is 1. The topological polar surface area (TPSA) is 118 Å². The summed E-state index contributed by atoms with van der Waals surface area (Å²) in [4.78, 5) is 37.1. The molecule has 5 heterocycles. The second kappa shape index (κ2) is 12.1. The zero-order chi connectivity index (χ0) is 28.2. The highest BCUT2D eigenvalue weighted by molar-refractivity contribution is 5.95. The van der Waals surface area contributed by atoms with Crippen molar-refractivity contribution in [3.05, 3.63) is 60.2 Å². The fourth-order valence-corrected chi connectivity index (χ4v) is 5.21. The largest absolute Gasteiger partial charge is 0.480 e. The molecule has 2 amide bonds. The fraction of sp³-hybridized carbons (Fsp3) is 0.400. The van der Waals surface area contributed by atoms with Crippen LogP contribution in [0.25, 0.3) is 11.3 Å². The van der Waals surface area contributed by atoms with Gasteiger partial charge in [-0.3, -0.25) is 9.69 Å². The molecule has 0 radical (unpaired) electrons. The number of hydrogen-bond acceptors (Lipinski definition) is 9. The first-order chi connectivity index (χ1) is 20.0.